The van der Waals surface area contributed by atoms with E-state index in [1.165, 1.54) is 4.68 Å². The highest BCUT2D eigenvalue weighted by molar-refractivity contribution is 5.82. The number of rotatable bonds is 2. The second-order valence-corrected chi connectivity index (χ2v) is 4.97. The number of hydrogen-bond donors (Lipinski definition) is 0. The van der Waals surface area contributed by atoms with Crippen molar-refractivity contribution in [3.8, 4) is 0 Å². The van der Waals surface area contributed by atoms with E-state index in [2.05, 4.69) is 22.3 Å². The van der Waals surface area contributed by atoms with Gasteiger partial charge in [0.1, 0.15) is 5.52 Å². The van der Waals surface area contributed by atoms with Gasteiger partial charge in [0.2, 0.25) is 0 Å². The average Bonchev–Trinajstić information content (AvgIpc) is 2.74. The number of aryl methyl sites for hydroxylation is 3. The van der Waals surface area contributed by atoms with Crippen LogP contribution in [-0.4, -0.2) is 19.6 Å². The maximum atomic E-state index is 12.2. The van der Waals surface area contributed by atoms with Crippen LogP contribution in [0.1, 0.15) is 17.0 Å². The highest BCUT2D eigenvalue weighted by Crippen LogP contribution is 2.18. The van der Waals surface area contributed by atoms with Gasteiger partial charge in [0.25, 0.3) is 5.56 Å². The van der Waals surface area contributed by atoms with Crippen LogP contribution in [0.5, 0.6) is 0 Å². The summed E-state index contributed by atoms with van der Waals surface area (Å²) < 4.78 is 3.14. The van der Waals surface area contributed by atoms with Gasteiger partial charge in [-0.3, -0.25) is 9.48 Å². The van der Waals surface area contributed by atoms with Gasteiger partial charge in [0, 0.05) is 26.2 Å². The van der Waals surface area contributed by atoms with E-state index in [1.807, 2.05) is 32.2 Å². The lowest BCUT2D eigenvalue weighted by atomic mass is 10.1. The number of fused-ring (bicyclic) bond motifs is 1. The van der Waals surface area contributed by atoms with E-state index in [-0.39, 0.29) is 5.56 Å². The molecule has 3 aromatic rings. The Morgan fingerprint density at radius 1 is 1.05 bits per heavy atom. The molecule has 0 amide bonds. The second kappa shape index (κ2) is 4.59. The van der Waals surface area contributed by atoms with Gasteiger partial charge in [-0.15, -0.1) is 0 Å². The number of hydrogen-bond acceptors (Lipinski definition) is 3. The molecule has 0 saturated carbocycles. The molecule has 0 N–H and O–H groups in total. The smallest absolute Gasteiger partial charge is 0.271 e. The molecule has 0 bridgehead atoms. The molecule has 1 aromatic carbocycles. The van der Waals surface area contributed by atoms with Crippen LogP contribution in [-0.2, 0) is 20.5 Å². The Bertz CT molecular complexity index is 830. The molecule has 0 spiro atoms. The zero-order valence-electron chi connectivity index (χ0n) is 11.8. The molecule has 0 saturated heterocycles. The largest absolute Gasteiger partial charge is 0.277 e. The van der Waals surface area contributed by atoms with Crippen molar-refractivity contribution in [1.29, 1.82) is 0 Å². The van der Waals surface area contributed by atoms with Gasteiger partial charge < -0.3 is 0 Å². The minimum absolute atomic E-state index is 0.0950. The molecule has 0 unspecified atom stereocenters. The fraction of sp³-hybridized carbons (Fsp3) is 0.267. The fourth-order valence-electron chi connectivity index (χ4n) is 2.41. The minimum Gasteiger partial charge on any atom is -0.271 e. The van der Waals surface area contributed by atoms with E-state index < -0.39 is 0 Å². The van der Waals surface area contributed by atoms with Crippen molar-refractivity contribution in [3.63, 3.8) is 0 Å². The average molecular weight is 268 g/mol. The van der Waals surface area contributed by atoms with Gasteiger partial charge in [-0.25, -0.2) is 4.68 Å². The molecule has 2 heterocycles. The van der Waals surface area contributed by atoms with Gasteiger partial charge in [0.05, 0.1) is 11.1 Å². The van der Waals surface area contributed by atoms with E-state index in [0.717, 1.165) is 17.0 Å². The molecule has 5 nitrogen and oxygen atoms in total. The quantitative estimate of drug-likeness (QED) is 0.709. The predicted molar refractivity (Wildman–Crippen MR) is 77.7 cm³/mol. The number of aromatic nitrogens is 4. The lowest BCUT2D eigenvalue weighted by Crippen LogP contribution is -2.21. The van der Waals surface area contributed by atoms with Crippen molar-refractivity contribution in [3.05, 3.63) is 57.6 Å². The van der Waals surface area contributed by atoms with Crippen LogP contribution in [0.25, 0.3) is 10.9 Å². The van der Waals surface area contributed by atoms with Crippen molar-refractivity contribution in [2.45, 2.75) is 13.3 Å². The fourth-order valence-corrected chi connectivity index (χ4v) is 2.41. The number of nitrogens with zero attached hydrogens (tertiary/aromatic N) is 4. The first kappa shape index (κ1) is 12.6. The van der Waals surface area contributed by atoms with Crippen LogP contribution >= 0.6 is 0 Å². The maximum Gasteiger partial charge on any atom is 0.277 e. The first-order valence-corrected chi connectivity index (χ1v) is 6.51. The Morgan fingerprint density at radius 2 is 1.75 bits per heavy atom. The topological polar surface area (TPSA) is 52.7 Å². The van der Waals surface area contributed by atoms with Crippen LogP contribution in [0, 0.1) is 6.92 Å². The molecule has 0 atom stereocenters. The summed E-state index contributed by atoms with van der Waals surface area (Å²) in [6.45, 7) is 1.91. The minimum atomic E-state index is -0.0950. The zero-order valence-corrected chi connectivity index (χ0v) is 11.8. The highest BCUT2D eigenvalue weighted by atomic mass is 16.1. The van der Waals surface area contributed by atoms with E-state index in [4.69, 9.17) is 0 Å². The summed E-state index contributed by atoms with van der Waals surface area (Å²) in [7, 11) is 3.53. The van der Waals surface area contributed by atoms with E-state index in [1.54, 1.807) is 11.7 Å². The molecule has 0 aliphatic heterocycles. The first-order chi connectivity index (χ1) is 9.58. The lowest BCUT2D eigenvalue weighted by Gasteiger charge is -2.04. The Balaban J connectivity index is 2.24. The Kier molecular flexibility index (Phi) is 2.89. The molecule has 5 heteroatoms. The molecule has 3 rings (SSSR count). The SMILES string of the molecule is Cc1c2c(=O)n(C)nc(Cc3ccccc3)c2nn1C. The molecular formula is C15H16N4O. The molecule has 2 aromatic heterocycles. The first-order valence-electron chi connectivity index (χ1n) is 6.51. The molecule has 102 valence electrons. The molecule has 20 heavy (non-hydrogen) atoms. The Labute approximate surface area is 116 Å². The van der Waals surface area contributed by atoms with Crippen LogP contribution in [0.3, 0.4) is 0 Å². The second-order valence-electron chi connectivity index (χ2n) is 4.97. The normalized spacial score (nSPS) is 11.2. The molecule has 0 aliphatic carbocycles. The third-order valence-corrected chi connectivity index (χ3v) is 3.60. The lowest BCUT2D eigenvalue weighted by molar-refractivity contribution is 0.695. The summed E-state index contributed by atoms with van der Waals surface area (Å²) in [5.74, 6) is 0. The molecule has 0 aliphatic rings. The van der Waals surface area contributed by atoms with Gasteiger partial charge in [0.15, 0.2) is 0 Å². The summed E-state index contributed by atoms with van der Waals surface area (Å²) >= 11 is 0. The monoisotopic (exact) mass is 268 g/mol. The third kappa shape index (κ3) is 1.91. The van der Waals surface area contributed by atoms with Crippen molar-refractivity contribution >= 4 is 10.9 Å². The standard InChI is InChI=1S/C15H16N4O/c1-10-13-14(17-18(10)2)12(16-19(3)15(13)20)9-11-7-5-4-6-8-11/h4-8H,9H2,1-3H3. The maximum absolute atomic E-state index is 12.2. The Morgan fingerprint density at radius 3 is 2.45 bits per heavy atom. The van der Waals surface area contributed by atoms with Crippen molar-refractivity contribution in [2.24, 2.45) is 14.1 Å². The summed E-state index contributed by atoms with van der Waals surface area (Å²) in [6.07, 6.45) is 0.669. The van der Waals surface area contributed by atoms with Crippen LogP contribution < -0.4 is 5.56 Å². The van der Waals surface area contributed by atoms with E-state index in [0.29, 0.717) is 17.3 Å². The van der Waals surface area contributed by atoms with Crippen LogP contribution in [0.2, 0.25) is 0 Å². The summed E-state index contributed by atoms with van der Waals surface area (Å²) in [6, 6.07) is 10.1. The predicted octanol–water partition coefficient (Wildman–Crippen LogP) is 1.57. The van der Waals surface area contributed by atoms with Crippen LogP contribution in [0.15, 0.2) is 35.1 Å². The van der Waals surface area contributed by atoms with Crippen molar-refractivity contribution in [1.82, 2.24) is 19.6 Å². The van der Waals surface area contributed by atoms with Gasteiger partial charge in [-0.2, -0.15) is 10.2 Å². The number of benzene rings is 1. The summed E-state index contributed by atoms with van der Waals surface area (Å²) in [4.78, 5) is 12.2. The molecular weight excluding hydrogens is 252 g/mol. The summed E-state index contributed by atoms with van der Waals surface area (Å²) in [5.41, 5.74) is 3.47. The van der Waals surface area contributed by atoms with Gasteiger partial charge in [-0.05, 0) is 12.5 Å². The van der Waals surface area contributed by atoms with E-state index in [9.17, 15) is 4.79 Å². The molecule has 0 radical (unpaired) electrons. The highest BCUT2D eigenvalue weighted by Gasteiger charge is 2.16. The van der Waals surface area contributed by atoms with Crippen molar-refractivity contribution in [2.75, 3.05) is 0 Å². The third-order valence-electron chi connectivity index (χ3n) is 3.60. The van der Waals surface area contributed by atoms with Gasteiger partial charge in [-0.1, -0.05) is 30.3 Å². The Hall–Kier alpha value is -2.43. The van der Waals surface area contributed by atoms with Crippen molar-refractivity contribution < 1.29 is 0 Å². The zero-order chi connectivity index (χ0) is 14.3. The van der Waals surface area contributed by atoms with Gasteiger partial charge >= 0.3 is 0 Å². The van der Waals surface area contributed by atoms with Crippen LogP contribution in [0.4, 0.5) is 0 Å². The summed E-state index contributed by atoms with van der Waals surface area (Å²) in [5, 5.41) is 9.49. The van der Waals surface area contributed by atoms with E-state index >= 15 is 0 Å². The molecule has 0 fully saturated rings.